The molecule has 1 saturated heterocycles. The van der Waals surface area contributed by atoms with Crippen LogP contribution in [0, 0.1) is 0 Å². The number of nitrogens with zero attached hydrogens (tertiary/aromatic N) is 1. The smallest absolute Gasteiger partial charge is 0.326 e. The van der Waals surface area contributed by atoms with E-state index < -0.39 is 11.5 Å². The van der Waals surface area contributed by atoms with Crippen LogP contribution in [0.25, 0.3) is 0 Å². The molecule has 0 aromatic rings. The number of hydrogen-bond donors (Lipinski definition) is 3. The molecule has 1 heterocycles. The molecule has 1 fully saturated rings. The van der Waals surface area contributed by atoms with Gasteiger partial charge in [0.1, 0.15) is 5.54 Å². The van der Waals surface area contributed by atoms with E-state index >= 15 is 0 Å². The second-order valence-corrected chi connectivity index (χ2v) is 3.11. The number of carbonyl (C=O) groups is 1. The number of piperidine rings is 1. The molecule has 0 unspecified atom stereocenters. The van der Waals surface area contributed by atoms with Crippen molar-refractivity contribution < 1.29 is 19.9 Å². The van der Waals surface area contributed by atoms with Crippen LogP contribution in [0.5, 0.6) is 0 Å². The first-order chi connectivity index (χ1) is 6.14. The maximum absolute atomic E-state index is 10.8. The van der Waals surface area contributed by atoms with Gasteiger partial charge in [-0.3, -0.25) is 4.79 Å². The van der Waals surface area contributed by atoms with Crippen LogP contribution in [0.3, 0.4) is 0 Å². The van der Waals surface area contributed by atoms with Crippen molar-refractivity contribution >= 4 is 5.97 Å². The average molecular weight is 190 g/mol. The van der Waals surface area contributed by atoms with E-state index in [2.05, 4.69) is 0 Å². The van der Waals surface area contributed by atoms with Crippen molar-refractivity contribution in [3.05, 3.63) is 0 Å². The van der Waals surface area contributed by atoms with Crippen molar-refractivity contribution in [1.82, 2.24) is 10.5 Å². The Labute approximate surface area is 76.0 Å². The molecular formula is C7H14N2O4. The minimum absolute atomic E-state index is 0.326. The van der Waals surface area contributed by atoms with Gasteiger partial charge in [0.05, 0.1) is 7.11 Å². The average Bonchev–Trinajstić information content (AvgIpc) is 2.17. The zero-order valence-electron chi connectivity index (χ0n) is 7.49. The Bertz CT molecular complexity index is 189. The van der Waals surface area contributed by atoms with Gasteiger partial charge in [0.2, 0.25) is 0 Å². The van der Waals surface area contributed by atoms with E-state index in [-0.39, 0.29) is 0 Å². The van der Waals surface area contributed by atoms with E-state index in [1.54, 1.807) is 12.2 Å². The van der Waals surface area contributed by atoms with Crippen molar-refractivity contribution in [2.75, 3.05) is 20.2 Å². The Balaban J connectivity index is 2.58. The van der Waals surface area contributed by atoms with Gasteiger partial charge in [-0.25, -0.2) is 0 Å². The van der Waals surface area contributed by atoms with Crippen LogP contribution in [0.1, 0.15) is 12.8 Å². The molecule has 1 aliphatic heterocycles. The van der Waals surface area contributed by atoms with Crippen molar-refractivity contribution in [1.29, 1.82) is 0 Å². The summed E-state index contributed by atoms with van der Waals surface area (Å²) in [6, 6.07) is 0. The lowest BCUT2D eigenvalue weighted by Gasteiger charge is -2.36. The number of carboxylic acids is 1. The normalized spacial score (nSPS) is 22.9. The first kappa shape index (κ1) is 10.4. The fourth-order valence-electron chi connectivity index (χ4n) is 1.42. The SMILES string of the molecule is CON1CCC(NO)(C(=O)O)CC1. The Morgan fingerprint density at radius 3 is 2.38 bits per heavy atom. The van der Waals surface area contributed by atoms with Gasteiger partial charge in [0.25, 0.3) is 0 Å². The van der Waals surface area contributed by atoms with Gasteiger partial charge in [0, 0.05) is 13.1 Å². The van der Waals surface area contributed by atoms with Crippen LogP contribution in [-0.4, -0.2) is 47.1 Å². The quantitative estimate of drug-likeness (QED) is 0.518. The monoisotopic (exact) mass is 190 g/mol. The van der Waals surface area contributed by atoms with E-state index in [9.17, 15) is 4.79 Å². The van der Waals surface area contributed by atoms with Gasteiger partial charge < -0.3 is 15.2 Å². The molecule has 0 aromatic heterocycles. The Hall–Kier alpha value is -0.690. The number of aliphatic carboxylic acids is 1. The molecule has 76 valence electrons. The van der Waals surface area contributed by atoms with Crippen molar-refractivity contribution in [2.24, 2.45) is 0 Å². The van der Waals surface area contributed by atoms with Crippen LogP contribution in [0.2, 0.25) is 0 Å². The third-order valence-corrected chi connectivity index (χ3v) is 2.46. The fraction of sp³-hybridized carbons (Fsp3) is 0.857. The highest BCUT2D eigenvalue weighted by Gasteiger charge is 2.41. The summed E-state index contributed by atoms with van der Waals surface area (Å²) in [5.41, 5.74) is 0.680. The van der Waals surface area contributed by atoms with Crippen LogP contribution < -0.4 is 5.48 Å². The first-order valence-corrected chi connectivity index (χ1v) is 4.08. The third kappa shape index (κ3) is 1.97. The molecule has 0 spiro atoms. The number of hydrogen-bond acceptors (Lipinski definition) is 5. The number of hydroxylamine groups is 3. The van der Waals surface area contributed by atoms with Gasteiger partial charge >= 0.3 is 5.97 Å². The van der Waals surface area contributed by atoms with Crippen molar-refractivity contribution in [2.45, 2.75) is 18.4 Å². The molecule has 6 heteroatoms. The number of carboxylic acid groups (broad SMARTS) is 1. The highest BCUT2D eigenvalue weighted by molar-refractivity contribution is 5.78. The Kier molecular flexibility index (Phi) is 3.21. The second kappa shape index (κ2) is 4.01. The summed E-state index contributed by atoms with van der Waals surface area (Å²) in [6.07, 6.45) is 0.652. The molecular weight excluding hydrogens is 176 g/mol. The molecule has 0 atom stereocenters. The maximum atomic E-state index is 10.8. The van der Waals surface area contributed by atoms with Crippen LogP contribution in [-0.2, 0) is 9.63 Å². The van der Waals surface area contributed by atoms with Gasteiger partial charge in [-0.2, -0.15) is 10.5 Å². The van der Waals surface area contributed by atoms with Crippen LogP contribution >= 0.6 is 0 Å². The van der Waals surface area contributed by atoms with E-state index in [0.29, 0.717) is 25.9 Å². The minimum atomic E-state index is -1.20. The Morgan fingerprint density at radius 1 is 1.54 bits per heavy atom. The fourth-order valence-corrected chi connectivity index (χ4v) is 1.42. The highest BCUT2D eigenvalue weighted by atomic mass is 16.7. The highest BCUT2D eigenvalue weighted by Crippen LogP contribution is 2.21. The van der Waals surface area contributed by atoms with E-state index in [4.69, 9.17) is 15.2 Å². The summed E-state index contributed by atoms with van der Waals surface area (Å²) in [5, 5.41) is 19.3. The zero-order valence-corrected chi connectivity index (χ0v) is 7.49. The molecule has 0 aromatic carbocycles. The topological polar surface area (TPSA) is 82.0 Å². The summed E-state index contributed by atoms with van der Waals surface area (Å²) in [4.78, 5) is 15.8. The molecule has 1 rings (SSSR count). The molecule has 3 N–H and O–H groups in total. The van der Waals surface area contributed by atoms with Crippen LogP contribution in [0.4, 0.5) is 0 Å². The van der Waals surface area contributed by atoms with E-state index in [1.807, 2.05) is 5.48 Å². The number of rotatable bonds is 3. The van der Waals surface area contributed by atoms with Crippen molar-refractivity contribution in [3.8, 4) is 0 Å². The largest absolute Gasteiger partial charge is 0.480 e. The number of nitrogens with one attached hydrogen (secondary N) is 1. The maximum Gasteiger partial charge on any atom is 0.326 e. The predicted octanol–water partition coefficient (Wildman–Crippen LogP) is -0.554. The Morgan fingerprint density at radius 2 is 2.08 bits per heavy atom. The molecule has 0 amide bonds. The molecule has 0 saturated carbocycles. The lowest BCUT2D eigenvalue weighted by atomic mass is 9.89. The molecule has 0 bridgehead atoms. The lowest BCUT2D eigenvalue weighted by molar-refractivity contribution is -0.176. The first-order valence-electron chi connectivity index (χ1n) is 4.08. The standard InChI is InChI=1S/C7H14N2O4/c1-13-9-4-2-7(8-12,3-5-9)6(10)11/h8,12H,2-5H2,1H3,(H,10,11). The van der Waals surface area contributed by atoms with E-state index in [0.717, 1.165) is 0 Å². The zero-order chi connectivity index (χ0) is 9.90. The van der Waals surface area contributed by atoms with Gasteiger partial charge in [-0.1, -0.05) is 0 Å². The lowest BCUT2D eigenvalue weighted by Crippen LogP contribution is -2.57. The molecule has 0 aliphatic carbocycles. The summed E-state index contributed by atoms with van der Waals surface area (Å²) < 4.78 is 0. The van der Waals surface area contributed by atoms with Gasteiger partial charge in [-0.05, 0) is 12.8 Å². The van der Waals surface area contributed by atoms with Crippen molar-refractivity contribution in [3.63, 3.8) is 0 Å². The summed E-state index contributed by atoms with van der Waals surface area (Å²) >= 11 is 0. The van der Waals surface area contributed by atoms with Gasteiger partial charge in [0.15, 0.2) is 0 Å². The molecule has 6 nitrogen and oxygen atoms in total. The third-order valence-electron chi connectivity index (χ3n) is 2.46. The minimum Gasteiger partial charge on any atom is -0.480 e. The van der Waals surface area contributed by atoms with E-state index in [1.165, 1.54) is 0 Å². The summed E-state index contributed by atoms with van der Waals surface area (Å²) in [6.45, 7) is 0.993. The van der Waals surface area contributed by atoms with Crippen LogP contribution in [0.15, 0.2) is 0 Å². The summed E-state index contributed by atoms with van der Waals surface area (Å²) in [7, 11) is 1.54. The summed E-state index contributed by atoms with van der Waals surface area (Å²) in [5.74, 6) is -1.02. The molecule has 13 heavy (non-hydrogen) atoms. The molecule has 1 aliphatic rings. The molecule has 0 radical (unpaired) electrons. The second-order valence-electron chi connectivity index (χ2n) is 3.11. The predicted molar refractivity (Wildman–Crippen MR) is 43.1 cm³/mol. The van der Waals surface area contributed by atoms with Gasteiger partial charge in [-0.15, -0.1) is 0 Å².